The first-order chi connectivity index (χ1) is 18.8. The number of rotatable bonds is 9. The minimum Gasteiger partial charge on any atom is -0.493 e. The molecule has 1 amide bonds. The Labute approximate surface area is 228 Å². The molecule has 1 atom stereocenters. The number of aliphatic carboxylic acids is 1. The molecular weight excluding hydrogens is 504 g/mol. The number of carboxylic acid groups (broad SMARTS) is 1. The van der Waals surface area contributed by atoms with E-state index in [1.54, 1.807) is 35.5 Å². The predicted molar refractivity (Wildman–Crippen MR) is 145 cm³/mol. The van der Waals surface area contributed by atoms with Gasteiger partial charge in [0.25, 0.3) is 5.91 Å². The molecule has 2 aromatic carbocycles. The van der Waals surface area contributed by atoms with Crippen LogP contribution in [0.25, 0.3) is 6.08 Å². The van der Waals surface area contributed by atoms with E-state index in [4.69, 9.17) is 23.7 Å². The topological polar surface area (TPSA) is 107 Å². The molecule has 1 aliphatic heterocycles. The number of hydrogen-bond acceptors (Lipinski definition) is 8. The summed E-state index contributed by atoms with van der Waals surface area (Å²) in [7, 11) is 7.83. The lowest BCUT2D eigenvalue weighted by Gasteiger charge is -2.39. The number of hydrogen-bond donors (Lipinski definition) is 1. The lowest BCUT2D eigenvalue weighted by atomic mass is 10.0. The maximum atomic E-state index is 13.7. The summed E-state index contributed by atoms with van der Waals surface area (Å²) in [6, 6.07) is 6.55. The van der Waals surface area contributed by atoms with Crippen molar-refractivity contribution < 1.29 is 38.4 Å². The van der Waals surface area contributed by atoms with E-state index in [0.29, 0.717) is 60.4 Å². The molecule has 10 nitrogen and oxygen atoms in total. The molecule has 1 N–H and O–H groups in total. The standard InChI is InChI=1S/C29H36N2O8/c1-35-23-14-19-7-6-8-20(13-21(19)15-24(23)36-2)28(32)31-10-9-30(17-22(31)29(33)34)16-18-11-25(37-3)27(39-5)26(12-18)38-4/h11-15,22H,6-10,16-17H2,1-5H3,(H,33,34). The maximum absolute atomic E-state index is 13.7. The highest BCUT2D eigenvalue weighted by Crippen LogP contribution is 2.39. The Bertz CT molecular complexity index is 1230. The van der Waals surface area contributed by atoms with Gasteiger partial charge in [-0.3, -0.25) is 9.69 Å². The molecule has 0 saturated carbocycles. The molecule has 0 bridgehead atoms. The van der Waals surface area contributed by atoms with Crippen LogP contribution in [0.2, 0.25) is 0 Å². The van der Waals surface area contributed by atoms with Gasteiger partial charge in [-0.2, -0.15) is 0 Å². The number of amides is 1. The summed E-state index contributed by atoms with van der Waals surface area (Å²) in [5, 5.41) is 10.1. The number of nitrogens with zero attached hydrogens (tertiary/aromatic N) is 2. The first kappa shape index (κ1) is 28.1. The van der Waals surface area contributed by atoms with Crippen LogP contribution in [0.4, 0.5) is 0 Å². The van der Waals surface area contributed by atoms with Crippen LogP contribution in [-0.2, 0) is 22.6 Å². The SMILES string of the molecule is COc1cc2c(cc1OC)CCCC(C(=O)N1CCN(Cc3cc(OC)c(OC)c(OC)c3)CC1C(=O)O)=C2. The summed E-state index contributed by atoms with van der Waals surface area (Å²) >= 11 is 0. The molecule has 39 heavy (non-hydrogen) atoms. The lowest BCUT2D eigenvalue weighted by molar-refractivity contribution is -0.152. The van der Waals surface area contributed by atoms with Crippen LogP contribution in [0.5, 0.6) is 28.7 Å². The van der Waals surface area contributed by atoms with Crippen LogP contribution in [0, 0.1) is 0 Å². The van der Waals surface area contributed by atoms with Gasteiger partial charge in [0.15, 0.2) is 23.0 Å². The molecule has 1 aliphatic carbocycles. The number of fused-ring (bicyclic) bond motifs is 1. The zero-order chi connectivity index (χ0) is 28.1. The summed E-state index contributed by atoms with van der Waals surface area (Å²) in [6.45, 7) is 1.50. The van der Waals surface area contributed by atoms with Gasteiger partial charge in [0.1, 0.15) is 6.04 Å². The van der Waals surface area contributed by atoms with E-state index >= 15 is 0 Å². The zero-order valence-corrected chi connectivity index (χ0v) is 23.1. The highest BCUT2D eigenvalue weighted by atomic mass is 16.5. The second-order valence-electron chi connectivity index (χ2n) is 9.55. The first-order valence-corrected chi connectivity index (χ1v) is 12.8. The van der Waals surface area contributed by atoms with Crippen molar-refractivity contribution in [3.8, 4) is 28.7 Å². The summed E-state index contributed by atoms with van der Waals surface area (Å²) in [6.07, 6.45) is 4.00. The number of piperazine rings is 1. The fourth-order valence-electron chi connectivity index (χ4n) is 5.29. The number of carbonyl (C=O) groups is 2. The molecule has 0 spiro atoms. The van der Waals surface area contributed by atoms with Crippen LogP contribution >= 0.6 is 0 Å². The summed E-state index contributed by atoms with van der Waals surface area (Å²) in [4.78, 5) is 29.5. The van der Waals surface area contributed by atoms with E-state index in [1.807, 2.05) is 35.2 Å². The molecule has 1 heterocycles. The largest absolute Gasteiger partial charge is 0.493 e. The van der Waals surface area contributed by atoms with Crippen molar-refractivity contribution in [3.05, 3.63) is 46.5 Å². The van der Waals surface area contributed by atoms with Gasteiger partial charge >= 0.3 is 5.97 Å². The van der Waals surface area contributed by atoms with Crippen molar-refractivity contribution in [2.45, 2.75) is 31.8 Å². The molecule has 2 aromatic rings. The maximum Gasteiger partial charge on any atom is 0.327 e. The Hall–Kier alpha value is -3.92. The lowest BCUT2D eigenvalue weighted by Crippen LogP contribution is -2.58. The minimum atomic E-state index is -1.03. The van der Waals surface area contributed by atoms with Crippen LogP contribution in [-0.4, -0.2) is 88.0 Å². The van der Waals surface area contributed by atoms with Crippen molar-refractivity contribution >= 4 is 18.0 Å². The van der Waals surface area contributed by atoms with Gasteiger partial charge in [0, 0.05) is 31.8 Å². The van der Waals surface area contributed by atoms with E-state index in [1.165, 1.54) is 4.90 Å². The van der Waals surface area contributed by atoms with Crippen molar-refractivity contribution in [2.24, 2.45) is 0 Å². The fourth-order valence-corrected chi connectivity index (χ4v) is 5.29. The average molecular weight is 541 g/mol. The van der Waals surface area contributed by atoms with Crippen molar-refractivity contribution in [2.75, 3.05) is 55.2 Å². The van der Waals surface area contributed by atoms with E-state index in [2.05, 4.69) is 0 Å². The number of methoxy groups -OCH3 is 5. The zero-order valence-electron chi connectivity index (χ0n) is 23.1. The average Bonchev–Trinajstić information content (AvgIpc) is 3.17. The van der Waals surface area contributed by atoms with Gasteiger partial charge in [-0.1, -0.05) is 0 Å². The Kier molecular flexibility index (Phi) is 8.86. The molecule has 10 heteroatoms. The molecule has 210 valence electrons. The number of carboxylic acids is 1. The minimum absolute atomic E-state index is 0.201. The van der Waals surface area contributed by atoms with E-state index in [0.717, 1.165) is 29.5 Å². The fraction of sp³-hybridized carbons (Fsp3) is 0.448. The Morgan fingerprint density at radius 3 is 2.08 bits per heavy atom. The molecule has 1 unspecified atom stereocenters. The Morgan fingerprint density at radius 1 is 0.846 bits per heavy atom. The quantitative estimate of drug-likeness (QED) is 0.513. The number of aryl methyl sites for hydroxylation is 1. The summed E-state index contributed by atoms with van der Waals surface area (Å²) in [5.41, 5.74) is 3.45. The van der Waals surface area contributed by atoms with E-state index in [9.17, 15) is 14.7 Å². The van der Waals surface area contributed by atoms with Gasteiger partial charge in [-0.15, -0.1) is 0 Å². The summed E-state index contributed by atoms with van der Waals surface area (Å²) < 4.78 is 27.2. The van der Waals surface area contributed by atoms with Crippen LogP contribution in [0.3, 0.4) is 0 Å². The number of carbonyl (C=O) groups excluding carboxylic acids is 1. The van der Waals surface area contributed by atoms with Gasteiger partial charge in [-0.05, 0) is 66.3 Å². The van der Waals surface area contributed by atoms with Gasteiger partial charge in [-0.25, -0.2) is 4.79 Å². The molecule has 1 fully saturated rings. The van der Waals surface area contributed by atoms with Gasteiger partial charge in [0.2, 0.25) is 5.75 Å². The number of benzene rings is 2. The highest BCUT2D eigenvalue weighted by Gasteiger charge is 2.36. The molecular formula is C29H36N2O8. The van der Waals surface area contributed by atoms with Crippen LogP contribution in [0.15, 0.2) is 29.8 Å². The Morgan fingerprint density at radius 2 is 1.49 bits per heavy atom. The third-order valence-electron chi connectivity index (χ3n) is 7.28. The molecule has 4 rings (SSSR count). The monoisotopic (exact) mass is 540 g/mol. The first-order valence-electron chi connectivity index (χ1n) is 12.8. The molecule has 1 saturated heterocycles. The second kappa shape index (κ2) is 12.3. The molecule has 0 radical (unpaired) electrons. The molecule has 2 aliphatic rings. The summed E-state index contributed by atoms with van der Waals surface area (Å²) in [5.74, 6) is 1.53. The third kappa shape index (κ3) is 5.90. The van der Waals surface area contributed by atoms with Crippen molar-refractivity contribution in [1.29, 1.82) is 0 Å². The van der Waals surface area contributed by atoms with Gasteiger partial charge < -0.3 is 33.7 Å². The molecule has 0 aromatic heterocycles. The van der Waals surface area contributed by atoms with E-state index < -0.39 is 12.0 Å². The van der Waals surface area contributed by atoms with Crippen LogP contribution < -0.4 is 23.7 Å². The van der Waals surface area contributed by atoms with E-state index in [-0.39, 0.29) is 12.5 Å². The smallest absolute Gasteiger partial charge is 0.327 e. The van der Waals surface area contributed by atoms with Crippen molar-refractivity contribution in [1.82, 2.24) is 9.80 Å². The highest BCUT2D eigenvalue weighted by molar-refractivity contribution is 6.00. The van der Waals surface area contributed by atoms with Crippen molar-refractivity contribution in [3.63, 3.8) is 0 Å². The normalized spacial score (nSPS) is 17.4. The third-order valence-corrected chi connectivity index (χ3v) is 7.28. The van der Waals surface area contributed by atoms with Crippen LogP contribution in [0.1, 0.15) is 29.5 Å². The van der Waals surface area contributed by atoms with Gasteiger partial charge in [0.05, 0.1) is 35.5 Å². The Balaban J connectivity index is 1.54. The number of ether oxygens (including phenoxy) is 5. The second-order valence-corrected chi connectivity index (χ2v) is 9.55. The predicted octanol–water partition coefficient (Wildman–Crippen LogP) is 3.25.